The zero-order chi connectivity index (χ0) is 17.7. The normalized spacial score (nSPS) is 18.0. The summed E-state index contributed by atoms with van der Waals surface area (Å²) in [7, 11) is 0. The molecular formula is C17H16FN3O4. The topological polar surface area (TPSA) is 91.6 Å². The number of amides is 1. The number of halogens is 1. The van der Waals surface area contributed by atoms with Gasteiger partial charge in [0.05, 0.1) is 17.7 Å². The van der Waals surface area contributed by atoms with Crippen molar-refractivity contribution in [3.8, 4) is 0 Å². The summed E-state index contributed by atoms with van der Waals surface area (Å²) in [5.41, 5.74) is -0.502. The molecule has 0 bridgehead atoms. The number of piperazine rings is 1. The van der Waals surface area contributed by atoms with Crippen molar-refractivity contribution in [2.45, 2.75) is 18.9 Å². The highest BCUT2D eigenvalue weighted by Crippen LogP contribution is 2.38. The van der Waals surface area contributed by atoms with Gasteiger partial charge < -0.3 is 19.9 Å². The van der Waals surface area contributed by atoms with Crippen LogP contribution in [0.25, 0.3) is 10.9 Å². The van der Waals surface area contributed by atoms with Gasteiger partial charge in [-0.2, -0.15) is 0 Å². The van der Waals surface area contributed by atoms with Gasteiger partial charge in [0.15, 0.2) is 0 Å². The lowest BCUT2D eigenvalue weighted by Crippen LogP contribution is -2.48. The molecule has 2 aliphatic rings. The number of aromatic carboxylic acids is 1. The molecule has 2 heterocycles. The van der Waals surface area contributed by atoms with Gasteiger partial charge in [0.1, 0.15) is 11.4 Å². The predicted molar refractivity (Wildman–Crippen MR) is 88.6 cm³/mol. The van der Waals surface area contributed by atoms with Gasteiger partial charge in [0, 0.05) is 30.7 Å². The van der Waals surface area contributed by atoms with Crippen LogP contribution in [0, 0.1) is 5.82 Å². The fraction of sp³-hybridized carbons (Fsp3) is 0.353. The zero-order valence-electron chi connectivity index (χ0n) is 13.3. The molecule has 1 aromatic heterocycles. The van der Waals surface area contributed by atoms with E-state index < -0.39 is 17.2 Å². The van der Waals surface area contributed by atoms with Crippen LogP contribution in [0.4, 0.5) is 10.1 Å². The van der Waals surface area contributed by atoms with Crippen molar-refractivity contribution in [2.24, 2.45) is 0 Å². The van der Waals surface area contributed by atoms with Crippen molar-refractivity contribution in [2.75, 3.05) is 24.5 Å². The van der Waals surface area contributed by atoms with Crippen LogP contribution in [0.1, 0.15) is 29.2 Å². The van der Waals surface area contributed by atoms with Gasteiger partial charge in [-0.05, 0) is 25.0 Å². The first-order valence-electron chi connectivity index (χ1n) is 8.10. The standard InChI is InChI=1S/C17H16FN3O4/c18-12-5-10-13(6-14(12)20-4-3-19-7-15(20)22)21(9-1-2-9)8-11(16(10)23)17(24)25/h5-6,8-9,19H,1-4,7H2,(H,24,25). The Morgan fingerprint density at radius 3 is 2.68 bits per heavy atom. The maximum Gasteiger partial charge on any atom is 0.341 e. The minimum absolute atomic E-state index is 0.0237. The van der Waals surface area contributed by atoms with Crippen LogP contribution in [0.2, 0.25) is 0 Å². The molecule has 8 heteroatoms. The van der Waals surface area contributed by atoms with Gasteiger partial charge >= 0.3 is 5.97 Å². The minimum Gasteiger partial charge on any atom is -0.477 e. The maximum atomic E-state index is 14.6. The van der Waals surface area contributed by atoms with Crippen molar-refractivity contribution in [3.63, 3.8) is 0 Å². The van der Waals surface area contributed by atoms with E-state index in [0.29, 0.717) is 18.6 Å². The number of fused-ring (bicyclic) bond motifs is 1. The zero-order valence-corrected chi connectivity index (χ0v) is 13.3. The van der Waals surface area contributed by atoms with E-state index in [1.54, 1.807) is 4.57 Å². The van der Waals surface area contributed by atoms with Gasteiger partial charge in [-0.1, -0.05) is 0 Å². The highest BCUT2D eigenvalue weighted by molar-refractivity contribution is 5.99. The van der Waals surface area contributed by atoms with Gasteiger partial charge in [-0.25, -0.2) is 9.18 Å². The number of hydrogen-bond donors (Lipinski definition) is 2. The highest BCUT2D eigenvalue weighted by Gasteiger charge is 2.29. The molecule has 0 unspecified atom stereocenters. The van der Waals surface area contributed by atoms with Crippen molar-refractivity contribution < 1.29 is 19.1 Å². The summed E-state index contributed by atoms with van der Waals surface area (Å²) in [6.07, 6.45) is 3.07. The second kappa shape index (κ2) is 5.66. The third-order valence-corrected chi connectivity index (χ3v) is 4.65. The first-order valence-corrected chi connectivity index (χ1v) is 8.10. The lowest BCUT2D eigenvalue weighted by Gasteiger charge is -2.28. The second-order valence-electron chi connectivity index (χ2n) is 6.36. The Hall–Kier alpha value is -2.74. The predicted octanol–water partition coefficient (Wildman–Crippen LogP) is 1.11. The number of carboxylic acid groups (broad SMARTS) is 1. The van der Waals surface area contributed by atoms with E-state index in [1.807, 2.05) is 0 Å². The molecule has 4 rings (SSSR count). The number of carbonyl (C=O) groups excluding carboxylic acids is 1. The van der Waals surface area contributed by atoms with Crippen LogP contribution in [0.5, 0.6) is 0 Å². The quantitative estimate of drug-likeness (QED) is 0.869. The summed E-state index contributed by atoms with van der Waals surface area (Å²) >= 11 is 0. The number of carbonyl (C=O) groups is 2. The minimum atomic E-state index is -1.33. The Kier molecular flexibility index (Phi) is 3.57. The van der Waals surface area contributed by atoms with E-state index in [1.165, 1.54) is 17.2 Å². The number of aromatic nitrogens is 1. The van der Waals surface area contributed by atoms with E-state index in [-0.39, 0.29) is 35.1 Å². The van der Waals surface area contributed by atoms with E-state index in [0.717, 1.165) is 18.9 Å². The Bertz CT molecular complexity index is 964. The summed E-state index contributed by atoms with van der Waals surface area (Å²) in [4.78, 5) is 37.2. The van der Waals surface area contributed by atoms with Crippen LogP contribution < -0.4 is 15.6 Å². The maximum absolute atomic E-state index is 14.6. The third-order valence-electron chi connectivity index (χ3n) is 4.65. The van der Waals surface area contributed by atoms with E-state index in [2.05, 4.69) is 5.32 Å². The summed E-state index contributed by atoms with van der Waals surface area (Å²) < 4.78 is 16.3. The van der Waals surface area contributed by atoms with Crippen LogP contribution in [-0.2, 0) is 4.79 Å². The molecule has 1 amide bonds. The Balaban J connectivity index is 1.97. The van der Waals surface area contributed by atoms with E-state index in [9.17, 15) is 23.9 Å². The molecule has 1 saturated heterocycles. The Labute approximate surface area is 141 Å². The molecule has 1 aromatic carbocycles. The lowest BCUT2D eigenvalue weighted by atomic mass is 10.1. The smallest absolute Gasteiger partial charge is 0.341 e. The molecule has 1 aliphatic carbocycles. The summed E-state index contributed by atoms with van der Waals surface area (Å²) in [6.45, 7) is 1.02. The molecule has 0 spiro atoms. The van der Waals surface area contributed by atoms with Crippen molar-refractivity contribution in [1.29, 1.82) is 0 Å². The number of pyridine rings is 1. The molecule has 2 N–H and O–H groups in total. The van der Waals surface area contributed by atoms with Crippen LogP contribution in [0.15, 0.2) is 23.1 Å². The monoisotopic (exact) mass is 345 g/mol. The third kappa shape index (κ3) is 2.58. The summed E-state index contributed by atoms with van der Waals surface area (Å²) in [6, 6.07) is 2.63. The van der Waals surface area contributed by atoms with Crippen LogP contribution >= 0.6 is 0 Å². The van der Waals surface area contributed by atoms with E-state index >= 15 is 0 Å². The molecule has 2 fully saturated rings. The Morgan fingerprint density at radius 2 is 2.04 bits per heavy atom. The molecule has 1 saturated carbocycles. The molecule has 0 radical (unpaired) electrons. The van der Waals surface area contributed by atoms with Crippen molar-refractivity contribution >= 4 is 28.5 Å². The second-order valence-corrected chi connectivity index (χ2v) is 6.36. The summed E-state index contributed by atoms with van der Waals surface area (Å²) in [5, 5.41) is 12.2. The molecule has 2 aromatic rings. The van der Waals surface area contributed by atoms with Crippen LogP contribution in [0.3, 0.4) is 0 Å². The van der Waals surface area contributed by atoms with Gasteiger partial charge in [-0.15, -0.1) is 0 Å². The SMILES string of the molecule is O=C(O)c1cn(C2CC2)c2cc(N3CCNCC3=O)c(F)cc2c1=O. The molecular weight excluding hydrogens is 329 g/mol. The lowest BCUT2D eigenvalue weighted by molar-refractivity contribution is -0.118. The first-order chi connectivity index (χ1) is 12.0. The molecule has 1 aliphatic heterocycles. The number of rotatable bonds is 3. The van der Waals surface area contributed by atoms with Gasteiger partial charge in [-0.3, -0.25) is 9.59 Å². The number of anilines is 1. The molecule has 7 nitrogen and oxygen atoms in total. The average molecular weight is 345 g/mol. The number of nitrogens with one attached hydrogen (secondary N) is 1. The average Bonchev–Trinajstić information content (AvgIpc) is 3.40. The van der Waals surface area contributed by atoms with E-state index in [4.69, 9.17) is 0 Å². The summed E-state index contributed by atoms with van der Waals surface area (Å²) in [5.74, 6) is -2.28. The molecule has 25 heavy (non-hydrogen) atoms. The number of benzene rings is 1. The fourth-order valence-electron chi connectivity index (χ4n) is 3.23. The Morgan fingerprint density at radius 1 is 1.28 bits per heavy atom. The fourth-order valence-corrected chi connectivity index (χ4v) is 3.23. The highest BCUT2D eigenvalue weighted by atomic mass is 19.1. The number of hydrogen-bond acceptors (Lipinski definition) is 4. The van der Waals surface area contributed by atoms with Crippen molar-refractivity contribution in [1.82, 2.24) is 9.88 Å². The molecule has 130 valence electrons. The van der Waals surface area contributed by atoms with Crippen LogP contribution in [-0.4, -0.2) is 41.2 Å². The first kappa shape index (κ1) is 15.8. The number of carboxylic acids is 1. The molecule has 0 atom stereocenters. The van der Waals surface area contributed by atoms with Gasteiger partial charge in [0.25, 0.3) is 0 Å². The van der Waals surface area contributed by atoms with Gasteiger partial charge in [0.2, 0.25) is 11.3 Å². The number of nitrogens with zero attached hydrogens (tertiary/aromatic N) is 2. The van der Waals surface area contributed by atoms with Crippen molar-refractivity contribution in [3.05, 3.63) is 39.9 Å². The largest absolute Gasteiger partial charge is 0.477 e.